The van der Waals surface area contributed by atoms with Gasteiger partial charge >= 0.3 is 0 Å². The molecular formula is C27H42O4S. The maximum atomic E-state index is 12.6. The summed E-state index contributed by atoms with van der Waals surface area (Å²) in [6, 6.07) is 0. The average molecular weight is 463 g/mol. The molecule has 0 aliphatic heterocycles. The molecule has 5 atom stereocenters. The highest BCUT2D eigenvalue weighted by molar-refractivity contribution is 7.92. The van der Waals surface area contributed by atoms with Gasteiger partial charge in [-0.05, 0) is 87.7 Å². The Hall–Kier alpha value is -1.17. The lowest BCUT2D eigenvalue weighted by atomic mass is 9.62. The summed E-state index contributed by atoms with van der Waals surface area (Å²) in [6.45, 7) is 13.9. The van der Waals surface area contributed by atoms with E-state index in [0.29, 0.717) is 25.2 Å². The third-order valence-corrected chi connectivity index (χ3v) is 10.8. The van der Waals surface area contributed by atoms with Crippen molar-refractivity contribution in [3.05, 3.63) is 47.1 Å². The second kappa shape index (κ2) is 9.23. The Morgan fingerprint density at radius 1 is 1.28 bits per heavy atom. The van der Waals surface area contributed by atoms with E-state index in [1.54, 1.807) is 20.8 Å². The van der Waals surface area contributed by atoms with Gasteiger partial charge in [0.1, 0.15) is 0 Å². The molecule has 0 spiro atoms. The molecule has 0 saturated heterocycles. The number of allylic oxidation sites excluding steroid dienone is 5. The van der Waals surface area contributed by atoms with E-state index in [4.69, 9.17) is 0 Å². The van der Waals surface area contributed by atoms with E-state index in [1.807, 2.05) is 0 Å². The predicted octanol–water partition coefficient (Wildman–Crippen LogP) is 5.29. The average Bonchev–Trinajstić information content (AvgIpc) is 3.04. The van der Waals surface area contributed by atoms with Gasteiger partial charge in [-0.1, -0.05) is 49.8 Å². The molecule has 180 valence electrons. The highest BCUT2D eigenvalue weighted by Gasteiger charge is 2.46. The van der Waals surface area contributed by atoms with Crippen LogP contribution < -0.4 is 0 Å². The molecule has 5 heteroatoms. The van der Waals surface area contributed by atoms with Crippen molar-refractivity contribution in [2.45, 2.75) is 96.5 Å². The highest BCUT2D eigenvalue weighted by Crippen LogP contribution is 2.57. The van der Waals surface area contributed by atoms with Crippen molar-refractivity contribution in [3.8, 4) is 0 Å². The molecule has 3 aliphatic carbocycles. The molecule has 0 bridgehead atoms. The summed E-state index contributed by atoms with van der Waals surface area (Å²) in [4.78, 5) is 0. The topological polar surface area (TPSA) is 74.6 Å². The van der Waals surface area contributed by atoms with Crippen molar-refractivity contribution >= 4 is 9.84 Å². The smallest absolute Gasteiger partial charge is 0.155 e. The zero-order valence-corrected chi connectivity index (χ0v) is 21.3. The minimum atomic E-state index is -3.11. The third kappa shape index (κ3) is 5.00. The maximum Gasteiger partial charge on any atom is 0.155 e. The van der Waals surface area contributed by atoms with Crippen LogP contribution in [0.15, 0.2) is 47.1 Å². The first kappa shape index (κ1) is 25.5. The molecule has 2 fully saturated rings. The second-order valence-electron chi connectivity index (χ2n) is 11.4. The van der Waals surface area contributed by atoms with Crippen molar-refractivity contribution in [2.24, 2.45) is 17.3 Å². The molecule has 2 N–H and O–H groups in total. The summed E-state index contributed by atoms with van der Waals surface area (Å²) in [5, 5.41) is 20.2. The summed E-state index contributed by atoms with van der Waals surface area (Å²) in [7, 11) is -3.11. The lowest BCUT2D eigenvalue weighted by molar-refractivity contribution is 0.0862. The van der Waals surface area contributed by atoms with Crippen LogP contribution in [0.4, 0.5) is 0 Å². The zero-order chi connectivity index (χ0) is 23.9. The Kier molecular flexibility index (Phi) is 7.34. The van der Waals surface area contributed by atoms with Gasteiger partial charge in [0.15, 0.2) is 9.84 Å². The van der Waals surface area contributed by atoms with Crippen molar-refractivity contribution in [1.29, 1.82) is 0 Å². The molecule has 0 amide bonds. The van der Waals surface area contributed by atoms with Gasteiger partial charge in [0.25, 0.3) is 0 Å². The van der Waals surface area contributed by atoms with E-state index in [1.165, 1.54) is 11.1 Å². The third-order valence-electron chi connectivity index (χ3n) is 8.16. The molecule has 4 nitrogen and oxygen atoms in total. The van der Waals surface area contributed by atoms with Crippen LogP contribution in [-0.4, -0.2) is 41.3 Å². The first-order chi connectivity index (χ1) is 14.8. The van der Waals surface area contributed by atoms with Crippen LogP contribution in [0.3, 0.4) is 0 Å². The quantitative estimate of drug-likeness (QED) is 0.545. The van der Waals surface area contributed by atoms with Crippen LogP contribution in [0.1, 0.15) is 79.6 Å². The van der Waals surface area contributed by atoms with Gasteiger partial charge in [-0.25, -0.2) is 8.42 Å². The first-order valence-corrected chi connectivity index (χ1v) is 13.8. The fourth-order valence-corrected chi connectivity index (χ4v) is 7.15. The van der Waals surface area contributed by atoms with Crippen LogP contribution >= 0.6 is 0 Å². The van der Waals surface area contributed by atoms with Crippen LogP contribution in [0.25, 0.3) is 0 Å². The molecular weight excluding hydrogens is 420 g/mol. The fraction of sp³-hybridized carbons (Fsp3) is 0.704. The van der Waals surface area contributed by atoms with Crippen molar-refractivity contribution in [2.75, 3.05) is 5.75 Å². The standard InChI is InChI=1S/C27H42O4S/c1-18(13-15-32(30,31)26(3,4)5)23-11-12-24-20(8-7-14-27(23,24)6)9-10-21-16-22(28)17-25(29)19(21)2/h9-11,18,22,24-25,28-29H,2,7-8,12-17H2,1,3-6H3/b20-9-,21-10+/t18-,22-,24+,25+,27-/m1/s1. The van der Waals surface area contributed by atoms with E-state index >= 15 is 0 Å². The van der Waals surface area contributed by atoms with E-state index in [-0.39, 0.29) is 17.1 Å². The van der Waals surface area contributed by atoms with Crippen molar-refractivity contribution < 1.29 is 18.6 Å². The fourth-order valence-electron chi connectivity index (χ4n) is 5.87. The monoisotopic (exact) mass is 462 g/mol. The van der Waals surface area contributed by atoms with Crippen molar-refractivity contribution in [1.82, 2.24) is 0 Å². The minimum absolute atomic E-state index is 0.0795. The van der Waals surface area contributed by atoms with E-state index in [9.17, 15) is 18.6 Å². The number of sulfone groups is 1. The van der Waals surface area contributed by atoms with Crippen LogP contribution in [0, 0.1) is 17.3 Å². The van der Waals surface area contributed by atoms with Crippen molar-refractivity contribution in [3.63, 3.8) is 0 Å². The van der Waals surface area contributed by atoms with E-state index < -0.39 is 26.8 Å². The second-order valence-corrected chi connectivity index (χ2v) is 14.3. The molecule has 0 aromatic heterocycles. The molecule has 0 heterocycles. The molecule has 32 heavy (non-hydrogen) atoms. The summed E-state index contributed by atoms with van der Waals surface area (Å²) in [6.07, 6.45) is 11.4. The van der Waals surface area contributed by atoms with Gasteiger partial charge in [0, 0.05) is 6.42 Å². The van der Waals surface area contributed by atoms with Gasteiger partial charge in [0.2, 0.25) is 0 Å². The number of aliphatic hydroxyl groups is 2. The molecule has 0 aromatic rings. The van der Waals surface area contributed by atoms with E-state index in [0.717, 1.165) is 36.8 Å². The Labute approximate surface area is 195 Å². The minimum Gasteiger partial charge on any atom is -0.393 e. The molecule has 2 saturated carbocycles. The summed E-state index contributed by atoms with van der Waals surface area (Å²) < 4.78 is 24.5. The number of fused-ring (bicyclic) bond motifs is 1. The zero-order valence-electron chi connectivity index (χ0n) is 20.5. The number of aliphatic hydroxyl groups excluding tert-OH is 2. The van der Waals surface area contributed by atoms with Crippen LogP contribution in [0.2, 0.25) is 0 Å². The summed E-state index contributed by atoms with van der Waals surface area (Å²) in [5.41, 5.74) is 4.61. The molecule has 0 aromatic carbocycles. The Morgan fingerprint density at radius 2 is 1.97 bits per heavy atom. The Bertz CT molecular complexity index is 931. The van der Waals surface area contributed by atoms with Gasteiger partial charge in [-0.3, -0.25) is 0 Å². The SMILES string of the molecule is C=C1/C(=C/C=C2/CCC[C@]3(C)C([C@H](C)CCS(=O)(=O)C(C)(C)C)=CC[C@@H]23)C[C@@H](O)C[C@@H]1O. The largest absolute Gasteiger partial charge is 0.393 e. The lowest BCUT2D eigenvalue weighted by Crippen LogP contribution is -2.34. The number of hydrogen-bond donors (Lipinski definition) is 2. The van der Waals surface area contributed by atoms with Gasteiger partial charge in [0.05, 0.1) is 22.7 Å². The Balaban J connectivity index is 1.75. The van der Waals surface area contributed by atoms with Crippen LogP contribution in [0.5, 0.6) is 0 Å². The Morgan fingerprint density at radius 3 is 2.62 bits per heavy atom. The molecule has 3 aliphatic rings. The summed E-state index contributed by atoms with van der Waals surface area (Å²) in [5.74, 6) is 0.928. The summed E-state index contributed by atoms with van der Waals surface area (Å²) >= 11 is 0. The van der Waals surface area contributed by atoms with Gasteiger partial charge in [-0.15, -0.1) is 0 Å². The van der Waals surface area contributed by atoms with Gasteiger partial charge in [-0.2, -0.15) is 0 Å². The van der Waals surface area contributed by atoms with Crippen LogP contribution in [-0.2, 0) is 9.84 Å². The van der Waals surface area contributed by atoms with Gasteiger partial charge < -0.3 is 10.2 Å². The molecule has 0 unspecified atom stereocenters. The maximum absolute atomic E-state index is 12.6. The lowest BCUT2D eigenvalue weighted by Gasteiger charge is -2.42. The predicted molar refractivity (Wildman–Crippen MR) is 132 cm³/mol. The number of hydrogen-bond acceptors (Lipinski definition) is 4. The molecule has 3 rings (SSSR count). The normalized spacial score (nSPS) is 35.2. The molecule has 0 radical (unpaired) electrons. The first-order valence-electron chi connectivity index (χ1n) is 12.1. The highest BCUT2D eigenvalue weighted by atomic mass is 32.2. The number of rotatable bonds is 5. The van der Waals surface area contributed by atoms with E-state index in [2.05, 4.69) is 38.7 Å².